The third-order valence-electron chi connectivity index (χ3n) is 4.28. The van der Waals surface area contributed by atoms with Gasteiger partial charge in [-0.1, -0.05) is 25.7 Å². The van der Waals surface area contributed by atoms with Gasteiger partial charge in [0.25, 0.3) is 0 Å². The lowest BCUT2D eigenvalue weighted by molar-refractivity contribution is 0.0150. The van der Waals surface area contributed by atoms with Crippen LogP contribution in [0.15, 0.2) is 0 Å². The Labute approximate surface area is 100 Å². The lowest BCUT2D eigenvalue weighted by atomic mass is 9.93. The van der Waals surface area contributed by atoms with Crippen molar-refractivity contribution < 1.29 is 4.74 Å². The Balaban J connectivity index is 1.84. The van der Waals surface area contributed by atoms with Gasteiger partial charge in [-0.3, -0.25) is 0 Å². The van der Waals surface area contributed by atoms with Crippen molar-refractivity contribution in [1.29, 1.82) is 0 Å². The molecular weight excluding hydrogens is 198 g/mol. The Morgan fingerprint density at radius 1 is 1.19 bits per heavy atom. The van der Waals surface area contributed by atoms with Crippen LogP contribution < -0.4 is 5.32 Å². The van der Waals surface area contributed by atoms with Crippen LogP contribution in [0, 0.1) is 11.8 Å². The van der Waals surface area contributed by atoms with Gasteiger partial charge in [-0.2, -0.15) is 0 Å². The second-order valence-electron chi connectivity index (χ2n) is 5.54. The Hall–Kier alpha value is -0.0800. The smallest absolute Gasteiger partial charge is 0.0755 e. The first kappa shape index (κ1) is 12.4. The molecule has 2 saturated carbocycles. The van der Waals surface area contributed by atoms with Crippen LogP contribution in [0.2, 0.25) is 0 Å². The number of ether oxygens (including phenoxy) is 1. The van der Waals surface area contributed by atoms with Gasteiger partial charge in [-0.25, -0.2) is 0 Å². The highest BCUT2D eigenvalue weighted by molar-refractivity contribution is 4.91. The van der Waals surface area contributed by atoms with Crippen molar-refractivity contribution in [2.24, 2.45) is 11.8 Å². The molecule has 1 N–H and O–H groups in total. The summed E-state index contributed by atoms with van der Waals surface area (Å²) in [5, 5.41) is 3.51. The second kappa shape index (κ2) is 6.02. The Morgan fingerprint density at radius 3 is 2.38 bits per heavy atom. The largest absolute Gasteiger partial charge is 0.377 e. The van der Waals surface area contributed by atoms with E-state index in [2.05, 4.69) is 19.3 Å². The van der Waals surface area contributed by atoms with Crippen molar-refractivity contribution >= 4 is 0 Å². The van der Waals surface area contributed by atoms with Gasteiger partial charge in [0.15, 0.2) is 0 Å². The zero-order valence-electron chi connectivity index (χ0n) is 10.9. The number of rotatable bonds is 7. The molecule has 2 aliphatic rings. The van der Waals surface area contributed by atoms with E-state index in [4.69, 9.17) is 4.74 Å². The topological polar surface area (TPSA) is 21.3 Å². The molecule has 2 rings (SSSR count). The highest BCUT2D eigenvalue weighted by atomic mass is 16.5. The summed E-state index contributed by atoms with van der Waals surface area (Å²) in [6.45, 7) is 2.99. The van der Waals surface area contributed by atoms with Crippen LogP contribution in [0.1, 0.15) is 51.9 Å². The van der Waals surface area contributed by atoms with Gasteiger partial charge in [-0.05, 0) is 45.1 Å². The van der Waals surface area contributed by atoms with E-state index in [1.165, 1.54) is 44.9 Å². The molecule has 0 aromatic carbocycles. The summed E-state index contributed by atoms with van der Waals surface area (Å²) in [6, 6.07) is 0.593. The molecule has 16 heavy (non-hydrogen) atoms. The fourth-order valence-corrected chi connectivity index (χ4v) is 3.22. The first-order valence-corrected chi connectivity index (χ1v) is 7.14. The second-order valence-corrected chi connectivity index (χ2v) is 5.54. The summed E-state index contributed by atoms with van der Waals surface area (Å²) in [7, 11) is 2.11. The Morgan fingerprint density at radius 2 is 1.88 bits per heavy atom. The molecule has 0 spiro atoms. The summed E-state index contributed by atoms with van der Waals surface area (Å²) in [5.74, 6) is 1.80. The summed E-state index contributed by atoms with van der Waals surface area (Å²) in [6.07, 6.45) is 10.4. The maximum absolute atomic E-state index is 5.97. The number of nitrogens with one attached hydrogen (secondary N) is 1. The average Bonchev–Trinajstić information content (AvgIpc) is 3.01. The zero-order chi connectivity index (χ0) is 11.4. The molecule has 94 valence electrons. The molecular formula is C14H27NO. The van der Waals surface area contributed by atoms with Crippen molar-refractivity contribution in [3.63, 3.8) is 0 Å². The molecule has 2 fully saturated rings. The molecule has 0 aromatic heterocycles. The molecule has 0 radical (unpaired) electrons. The molecule has 2 nitrogen and oxygen atoms in total. The minimum absolute atomic E-state index is 0.482. The standard InChI is InChI=1S/C14H27NO/c1-3-16-14(12-8-9-12)13(15-2)10-11-6-4-5-7-11/h11-15H,3-10H2,1-2H3. The molecule has 2 unspecified atom stereocenters. The Bertz CT molecular complexity index is 197. The highest BCUT2D eigenvalue weighted by Crippen LogP contribution is 2.38. The molecule has 0 aliphatic heterocycles. The maximum atomic E-state index is 5.97. The molecule has 0 aromatic rings. The molecule has 0 saturated heterocycles. The Kier molecular flexibility index (Phi) is 4.66. The van der Waals surface area contributed by atoms with Crippen LogP contribution >= 0.6 is 0 Å². The van der Waals surface area contributed by atoms with Crippen LogP contribution in [0.4, 0.5) is 0 Å². The van der Waals surface area contributed by atoms with Crippen molar-refractivity contribution in [2.45, 2.75) is 64.0 Å². The highest BCUT2D eigenvalue weighted by Gasteiger charge is 2.37. The van der Waals surface area contributed by atoms with Crippen molar-refractivity contribution in [2.75, 3.05) is 13.7 Å². The summed E-state index contributed by atoms with van der Waals surface area (Å²) < 4.78 is 5.97. The normalized spacial score (nSPS) is 25.9. The van der Waals surface area contributed by atoms with Gasteiger partial charge in [0, 0.05) is 12.6 Å². The van der Waals surface area contributed by atoms with Crippen LogP contribution in [-0.4, -0.2) is 25.8 Å². The van der Waals surface area contributed by atoms with E-state index >= 15 is 0 Å². The van der Waals surface area contributed by atoms with Crippen LogP contribution in [0.25, 0.3) is 0 Å². The van der Waals surface area contributed by atoms with Gasteiger partial charge < -0.3 is 10.1 Å². The van der Waals surface area contributed by atoms with Gasteiger partial charge in [0.05, 0.1) is 6.10 Å². The first-order chi connectivity index (χ1) is 7.85. The molecule has 0 amide bonds. The number of hydrogen-bond donors (Lipinski definition) is 1. The fourth-order valence-electron chi connectivity index (χ4n) is 3.22. The average molecular weight is 225 g/mol. The predicted molar refractivity (Wildman–Crippen MR) is 67.6 cm³/mol. The van der Waals surface area contributed by atoms with Crippen molar-refractivity contribution in [3.8, 4) is 0 Å². The molecule has 2 aliphatic carbocycles. The van der Waals surface area contributed by atoms with E-state index in [1.807, 2.05) is 0 Å². The van der Waals surface area contributed by atoms with E-state index in [0.29, 0.717) is 12.1 Å². The third kappa shape index (κ3) is 3.21. The molecule has 2 heteroatoms. The van der Waals surface area contributed by atoms with Crippen LogP contribution in [0.3, 0.4) is 0 Å². The van der Waals surface area contributed by atoms with E-state index in [0.717, 1.165) is 18.4 Å². The van der Waals surface area contributed by atoms with Gasteiger partial charge >= 0.3 is 0 Å². The van der Waals surface area contributed by atoms with Gasteiger partial charge in [0.2, 0.25) is 0 Å². The van der Waals surface area contributed by atoms with Crippen molar-refractivity contribution in [1.82, 2.24) is 5.32 Å². The summed E-state index contributed by atoms with van der Waals surface area (Å²) in [4.78, 5) is 0. The molecule has 0 bridgehead atoms. The first-order valence-electron chi connectivity index (χ1n) is 7.14. The maximum Gasteiger partial charge on any atom is 0.0755 e. The van der Waals surface area contributed by atoms with E-state index in [1.54, 1.807) is 0 Å². The minimum atomic E-state index is 0.482. The quantitative estimate of drug-likeness (QED) is 0.719. The monoisotopic (exact) mass is 225 g/mol. The van der Waals surface area contributed by atoms with E-state index in [9.17, 15) is 0 Å². The SMILES string of the molecule is CCOC(C1CC1)C(CC1CCCC1)NC. The lowest BCUT2D eigenvalue weighted by Gasteiger charge is -2.29. The summed E-state index contributed by atoms with van der Waals surface area (Å²) in [5.41, 5.74) is 0. The van der Waals surface area contributed by atoms with E-state index < -0.39 is 0 Å². The van der Waals surface area contributed by atoms with Gasteiger partial charge in [0.1, 0.15) is 0 Å². The zero-order valence-corrected chi connectivity index (χ0v) is 10.9. The van der Waals surface area contributed by atoms with Crippen LogP contribution in [0.5, 0.6) is 0 Å². The van der Waals surface area contributed by atoms with E-state index in [-0.39, 0.29) is 0 Å². The number of likely N-dealkylation sites (N-methyl/N-ethyl adjacent to an activating group) is 1. The lowest BCUT2D eigenvalue weighted by Crippen LogP contribution is -2.42. The molecule has 2 atom stereocenters. The van der Waals surface area contributed by atoms with Crippen molar-refractivity contribution in [3.05, 3.63) is 0 Å². The van der Waals surface area contributed by atoms with Crippen LogP contribution in [-0.2, 0) is 4.74 Å². The third-order valence-corrected chi connectivity index (χ3v) is 4.28. The number of hydrogen-bond acceptors (Lipinski definition) is 2. The minimum Gasteiger partial charge on any atom is -0.377 e. The molecule has 0 heterocycles. The van der Waals surface area contributed by atoms with Gasteiger partial charge in [-0.15, -0.1) is 0 Å². The predicted octanol–water partition coefficient (Wildman–Crippen LogP) is 2.97. The summed E-state index contributed by atoms with van der Waals surface area (Å²) >= 11 is 0. The fraction of sp³-hybridized carbons (Fsp3) is 1.00.